The summed E-state index contributed by atoms with van der Waals surface area (Å²) in [4.78, 5) is 0.202. The average molecular weight is 296 g/mol. The highest BCUT2D eigenvalue weighted by Gasteiger charge is 2.12. The summed E-state index contributed by atoms with van der Waals surface area (Å²) < 4.78 is 31.7. The number of nitrogens with one attached hydrogen (secondary N) is 1. The van der Waals surface area contributed by atoms with Gasteiger partial charge in [-0.1, -0.05) is 25.5 Å². The predicted octanol–water partition coefficient (Wildman–Crippen LogP) is 1.85. The molecular weight excluding hydrogens is 276 g/mol. The van der Waals surface area contributed by atoms with Crippen LogP contribution in [0.5, 0.6) is 0 Å². The second-order valence-electron chi connectivity index (χ2n) is 4.34. The summed E-state index contributed by atoms with van der Waals surface area (Å²) in [5, 5.41) is 8.56. The zero-order valence-corrected chi connectivity index (χ0v) is 12.4. The van der Waals surface area contributed by atoms with Crippen LogP contribution in [0, 0.1) is 11.3 Å². The first kappa shape index (κ1) is 16.6. The van der Waals surface area contributed by atoms with Crippen LogP contribution in [0.1, 0.15) is 25.3 Å². The Hall–Kier alpha value is -1.42. The second kappa shape index (κ2) is 8.69. The summed E-state index contributed by atoms with van der Waals surface area (Å²) >= 11 is 0. The van der Waals surface area contributed by atoms with Crippen LogP contribution in [0.25, 0.3) is 0 Å². The number of unbranched alkanes of at least 4 members (excludes halogenated alkanes) is 1. The fraction of sp³-hybridized carbons (Fsp3) is 0.500. The zero-order valence-electron chi connectivity index (χ0n) is 11.6. The van der Waals surface area contributed by atoms with Gasteiger partial charge in [0.25, 0.3) is 0 Å². The summed E-state index contributed by atoms with van der Waals surface area (Å²) in [5.74, 6) is 0. The lowest BCUT2D eigenvalue weighted by atomic mass is 10.2. The summed E-state index contributed by atoms with van der Waals surface area (Å²) in [6, 6.07) is 8.33. The molecule has 20 heavy (non-hydrogen) atoms. The topological polar surface area (TPSA) is 79.2 Å². The van der Waals surface area contributed by atoms with E-state index < -0.39 is 10.0 Å². The number of nitrogens with zero attached hydrogens (tertiary/aromatic N) is 1. The van der Waals surface area contributed by atoms with Crippen molar-refractivity contribution in [1.82, 2.24) is 4.72 Å². The van der Waals surface area contributed by atoms with E-state index in [0.717, 1.165) is 18.4 Å². The Morgan fingerprint density at radius 3 is 2.55 bits per heavy atom. The maximum Gasteiger partial charge on any atom is 0.240 e. The van der Waals surface area contributed by atoms with Gasteiger partial charge in [-0.05, 0) is 24.1 Å². The molecule has 0 radical (unpaired) electrons. The molecule has 1 aromatic carbocycles. The van der Waals surface area contributed by atoms with Crippen LogP contribution in [-0.2, 0) is 21.2 Å². The minimum atomic E-state index is -3.50. The van der Waals surface area contributed by atoms with Crippen molar-refractivity contribution in [3.8, 4) is 6.07 Å². The minimum absolute atomic E-state index is 0.202. The average Bonchev–Trinajstić information content (AvgIpc) is 2.44. The Balaban J connectivity index is 2.46. The van der Waals surface area contributed by atoms with Crippen LogP contribution in [0.3, 0.4) is 0 Å². The lowest BCUT2D eigenvalue weighted by molar-refractivity contribution is 0.136. The standard InChI is InChI=1S/C14H20N2O3S/c1-2-3-11-19-12-10-16-20(17,18)14-6-4-13(5-7-14)8-9-15/h4-7,16H,2-3,8,10-12H2,1H3. The third-order valence-electron chi connectivity index (χ3n) is 2.70. The maximum absolute atomic E-state index is 12.0. The first-order valence-electron chi connectivity index (χ1n) is 6.63. The molecule has 110 valence electrons. The van der Waals surface area contributed by atoms with Gasteiger partial charge in [0, 0.05) is 13.2 Å². The van der Waals surface area contributed by atoms with E-state index in [1.807, 2.05) is 6.07 Å². The molecule has 0 atom stereocenters. The van der Waals surface area contributed by atoms with E-state index in [4.69, 9.17) is 10.00 Å². The zero-order chi connectivity index (χ0) is 14.8. The molecule has 0 heterocycles. The molecule has 0 spiro atoms. The van der Waals surface area contributed by atoms with Crippen molar-refractivity contribution < 1.29 is 13.2 Å². The fourth-order valence-electron chi connectivity index (χ4n) is 1.56. The molecule has 0 aromatic heterocycles. The molecule has 0 saturated heterocycles. The molecular formula is C14H20N2O3S. The van der Waals surface area contributed by atoms with Gasteiger partial charge < -0.3 is 4.74 Å². The molecule has 1 rings (SSSR count). The van der Waals surface area contributed by atoms with E-state index in [1.165, 1.54) is 12.1 Å². The highest BCUT2D eigenvalue weighted by molar-refractivity contribution is 7.89. The Labute approximate surface area is 120 Å². The van der Waals surface area contributed by atoms with Gasteiger partial charge in [0.15, 0.2) is 0 Å². The molecule has 1 N–H and O–H groups in total. The van der Waals surface area contributed by atoms with Crippen molar-refractivity contribution in [3.05, 3.63) is 29.8 Å². The van der Waals surface area contributed by atoms with Crippen LogP contribution in [0.15, 0.2) is 29.2 Å². The Morgan fingerprint density at radius 1 is 1.25 bits per heavy atom. The fourth-order valence-corrected chi connectivity index (χ4v) is 2.57. The van der Waals surface area contributed by atoms with Crippen LogP contribution in [0.4, 0.5) is 0 Å². The molecule has 1 aromatic rings. The number of ether oxygens (including phenoxy) is 1. The van der Waals surface area contributed by atoms with Gasteiger partial charge in [-0.25, -0.2) is 13.1 Å². The van der Waals surface area contributed by atoms with Crippen molar-refractivity contribution in [1.29, 1.82) is 5.26 Å². The van der Waals surface area contributed by atoms with Crippen LogP contribution in [-0.4, -0.2) is 28.2 Å². The summed E-state index contributed by atoms with van der Waals surface area (Å²) in [5.41, 5.74) is 0.800. The van der Waals surface area contributed by atoms with Gasteiger partial charge in [0.2, 0.25) is 10.0 Å². The summed E-state index contributed by atoms with van der Waals surface area (Å²) in [6.07, 6.45) is 2.31. The van der Waals surface area contributed by atoms with Crippen LogP contribution in [0.2, 0.25) is 0 Å². The molecule has 0 amide bonds. The molecule has 0 unspecified atom stereocenters. The van der Waals surface area contributed by atoms with Gasteiger partial charge in [0.1, 0.15) is 0 Å². The van der Waals surface area contributed by atoms with Crippen LogP contribution >= 0.6 is 0 Å². The Morgan fingerprint density at radius 2 is 1.95 bits per heavy atom. The minimum Gasteiger partial charge on any atom is -0.380 e. The number of benzene rings is 1. The van der Waals surface area contributed by atoms with Crippen molar-refractivity contribution in [2.24, 2.45) is 0 Å². The summed E-state index contributed by atoms with van der Waals surface area (Å²) in [6.45, 7) is 3.35. The molecule has 6 heteroatoms. The van der Waals surface area contributed by atoms with Gasteiger partial charge in [0.05, 0.1) is 24.0 Å². The smallest absolute Gasteiger partial charge is 0.240 e. The molecule has 0 saturated carbocycles. The number of hydrogen-bond acceptors (Lipinski definition) is 4. The summed E-state index contributed by atoms with van der Waals surface area (Å²) in [7, 11) is -3.50. The number of hydrogen-bond donors (Lipinski definition) is 1. The van der Waals surface area contributed by atoms with E-state index in [9.17, 15) is 8.42 Å². The molecule has 0 aliphatic rings. The number of nitriles is 1. The monoisotopic (exact) mass is 296 g/mol. The largest absolute Gasteiger partial charge is 0.380 e. The van der Waals surface area contributed by atoms with E-state index in [-0.39, 0.29) is 17.9 Å². The molecule has 0 bridgehead atoms. The molecule has 5 nitrogen and oxygen atoms in total. The SMILES string of the molecule is CCCCOCCNS(=O)(=O)c1ccc(CC#N)cc1. The Bertz CT molecular complexity index is 533. The molecule has 0 aliphatic heterocycles. The number of sulfonamides is 1. The second-order valence-corrected chi connectivity index (χ2v) is 6.11. The maximum atomic E-state index is 12.0. The van der Waals surface area contributed by atoms with Crippen molar-refractivity contribution in [2.45, 2.75) is 31.1 Å². The van der Waals surface area contributed by atoms with Gasteiger partial charge in [-0.3, -0.25) is 0 Å². The van der Waals surface area contributed by atoms with Crippen molar-refractivity contribution >= 4 is 10.0 Å². The van der Waals surface area contributed by atoms with E-state index in [0.29, 0.717) is 13.2 Å². The third-order valence-corrected chi connectivity index (χ3v) is 4.17. The first-order chi connectivity index (χ1) is 9.60. The van der Waals surface area contributed by atoms with Gasteiger partial charge >= 0.3 is 0 Å². The third kappa shape index (κ3) is 5.70. The van der Waals surface area contributed by atoms with E-state index >= 15 is 0 Å². The highest BCUT2D eigenvalue weighted by Crippen LogP contribution is 2.10. The molecule has 0 aliphatic carbocycles. The van der Waals surface area contributed by atoms with Crippen LogP contribution < -0.4 is 4.72 Å². The Kier molecular flexibility index (Phi) is 7.23. The quantitative estimate of drug-likeness (QED) is 0.705. The van der Waals surface area contributed by atoms with Gasteiger partial charge in [-0.2, -0.15) is 5.26 Å². The lowest BCUT2D eigenvalue weighted by Gasteiger charge is -2.07. The van der Waals surface area contributed by atoms with Gasteiger partial charge in [-0.15, -0.1) is 0 Å². The predicted molar refractivity (Wildman–Crippen MR) is 76.7 cm³/mol. The highest BCUT2D eigenvalue weighted by atomic mass is 32.2. The molecule has 0 fully saturated rings. The number of rotatable bonds is 9. The normalized spacial score (nSPS) is 11.2. The lowest BCUT2D eigenvalue weighted by Crippen LogP contribution is -2.27. The van der Waals surface area contributed by atoms with E-state index in [1.54, 1.807) is 12.1 Å². The first-order valence-corrected chi connectivity index (χ1v) is 8.11. The van der Waals surface area contributed by atoms with Crippen molar-refractivity contribution in [2.75, 3.05) is 19.8 Å². The van der Waals surface area contributed by atoms with E-state index in [2.05, 4.69) is 11.6 Å². The van der Waals surface area contributed by atoms with Crippen molar-refractivity contribution in [3.63, 3.8) is 0 Å².